The zero-order valence-corrected chi connectivity index (χ0v) is 12.9. The van der Waals surface area contributed by atoms with E-state index < -0.39 is 6.17 Å². The van der Waals surface area contributed by atoms with Gasteiger partial charge in [0.25, 0.3) is 5.91 Å². The van der Waals surface area contributed by atoms with Gasteiger partial charge in [0.2, 0.25) is 0 Å². The van der Waals surface area contributed by atoms with Gasteiger partial charge in [-0.25, -0.2) is 0 Å². The van der Waals surface area contributed by atoms with Gasteiger partial charge in [0.1, 0.15) is 6.17 Å². The van der Waals surface area contributed by atoms with Gasteiger partial charge in [0, 0.05) is 18.7 Å². The smallest absolute Gasteiger partial charge is 0.288 e. The maximum absolute atomic E-state index is 12.9. The van der Waals surface area contributed by atoms with Crippen molar-refractivity contribution in [3.63, 3.8) is 0 Å². The first-order chi connectivity index (χ1) is 11.3. The predicted octanol–water partition coefficient (Wildman–Crippen LogP) is 2.70. The molecule has 2 aromatic rings. The third-order valence-corrected chi connectivity index (χ3v) is 4.08. The molecule has 0 bridgehead atoms. The van der Waals surface area contributed by atoms with Crippen LogP contribution in [0.15, 0.2) is 53.1 Å². The number of ketones is 1. The summed E-state index contributed by atoms with van der Waals surface area (Å²) in [6.07, 6.45) is 4.03. The third-order valence-electron chi connectivity index (χ3n) is 4.08. The Bertz CT molecular complexity index is 646. The summed E-state index contributed by atoms with van der Waals surface area (Å²) < 4.78 is 5.13. The van der Waals surface area contributed by atoms with Crippen molar-refractivity contribution in [3.8, 4) is 0 Å². The van der Waals surface area contributed by atoms with Gasteiger partial charge in [-0.2, -0.15) is 0 Å². The number of carbonyl (C=O) groups is 2. The molecule has 0 aliphatic carbocycles. The number of amides is 1. The fraction of sp³-hybridized carbons (Fsp3) is 0.333. The van der Waals surface area contributed by atoms with Gasteiger partial charge in [-0.1, -0.05) is 36.8 Å². The van der Waals surface area contributed by atoms with Gasteiger partial charge in [-0.3, -0.25) is 14.5 Å². The highest BCUT2D eigenvalue weighted by atomic mass is 16.3. The molecule has 1 amide bonds. The molecule has 3 rings (SSSR count). The molecule has 0 unspecified atom stereocenters. The lowest BCUT2D eigenvalue weighted by atomic mass is 10.0. The van der Waals surface area contributed by atoms with Crippen LogP contribution in [-0.4, -0.2) is 35.8 Å². The van der Waals surface area contributed by atoms with Gasteiger partial charge < -0.3 is 9.73 Å². The zero-order chi connectivity index (χ0) is 16.1. The Kier molecular flexibility index (Phi) is 4.88. The summed E-state index contributed by atoms with van der Waals surface area (Å²) in [5, 5.41) is 2.83. The second kappa shape index (κ2) is 7.24. The molecule has 1 aromatic heterocycles. The Morgan fingerprint density at radius 3 is 2.39 bits per heavy atom. The first-order valence-corrected chi connectivity index (χ1v) is 7.93. The molecule has 1 fully saturated rings. The SMILES string of the molecule is O=C(N[C@H](C(=O)c1ccccc1)N1CCCCC1)c1ccco1. The van der Waals surface area contributed by atoms with Crippen molar-refractivity contribution in [1.82, 2.24) is 10.2 Å². The van der Waals surface area contributed by atoms with E-state index in [1.54, 1.807) is 24.3 Å². The molecule has 0 radical (unpaired) electrons. The Labute approximate surface area is 135 Å². The number of benzene rings is 1. The van der Waals surface area contributed by atoms with Crippen LogP contribution in [0.4, 0.5) is 0 Å². The minimum atomic E-state index is -0.657. The fourth-order valence-electron chi connectivity index (χ4n) is 2.86. The van der Waals surface area contributed by atoms with Crippen LogP contribution in [0.5, 0.6) is 0 Å². The van der Waals surface area contributed by atoms with E-state index in [4.69, 9.17) is 4.42 Å². The standard InChI is InChI=1S/C18H20N2O3/c21-16(14-8-3-1-4-9-14)17(20-11-5-2-6-12-20)19-18(22)15-10-7-13-23-15/h1,3-4,7-10,13,17H,2,5-6,11-12H2,(H,19,22)/t17-/m0/s1. The molecule has 120 valence electrons. The number of piperidine rings is 1. The zero-order valence-electron chi connectivity index (χ0n) is 12.9. The van der Waals surface area contributed by atoms with E-state index in [1.807, 2.05) is 23.1 Å². The van der Waals surface area contributed by atoms with Gasteiger partial charge in [0.05, 0.1) is 6.26 Å². The highest BCUT2D eigenvalue weighted by Crippen LogP contribution is 2.15. The van der Waals surface area contributed by atoms with Crippen molar-refractivity contribution in [2.45, 2.75) is 25.4 Å². The summed E-state index contributed by atoms with van der Waals surface area (Å²) in [5.41, 5.74) is 0.600. The number of furan rings is 1. The molecular weight excluding hydrogens is 292 g/mol. The number of hydrogen-bond donors (Lipinski definition) is 1. The molecule has 0 saturated carbocycles. The largest absolute Gasteiger partial charge is 0.459 e. The van der Waals surface area contributed by atoms with Crippen molar-refractivity contribution in [3.05, 3.63) is 60.1 Å². The normalized spacial score (nSPS) is 16.7. The first kappa shape index (κ1) is 15.5. The van der Waals surface area contributed by atoms with Crippen molar-refractivity contribution < 1.29 is 14.0 Å². The average Bonchev–Trinajstić information content (AvgIpc) is 3.15. The van der Waals surface area contributed by atoms with Crippen LogP contribution in [-0.2, 0) is 0 Å². The van der Waals surface area contributed by atoms with E-state index in [0.29, 0.717) is 5.56 Å². The summed E-state index contributed by atoms with van der Waals surface area (Å²) >= 11 is 0. The molecule has 5 nitrogen and oxygen atoms in total. The van der Waals surface area contributed by atoms with E-state index in [0.717, 1.165) is 32.4 Å². The van der Waals surface area contributed by atoms with Crippen molar-refractivity contribution in [2.24, 2.45) is 0 Å². The average molecular weight is 312 g/mol. The summed E-state index contributed by atoms with van der Waals surface area (Å²) in [6, 6.07) is 12.3. The van der Waals surface area contributed by atoms with Crippen molar-refractivity contribution in [2.75, 3.05) is 13.1 Å². The van der Waals surface area contributed by atoms with Crippen LogP contribution in [0.2, 0.25) is 0 Å². The maximum Gasteiger partial charge on any atom is 0.288 e. The van der Waals surface area contributed by atoms with E-state index in [2.05, 4.69) is 5.32 Å². The van der Waals surface area contributed by atoms with Crippen LogP contribution >= 0.6 is 0 Å². The van der Waals surface area contributed by atoms with Crippen LogP contribution in [0.25, 0.3) is 0 Å². The Morgan fingerprint density at radius 2 is 1.74 bits per heavy atom. The van der Waals surface area contributed by atoms with Gasteiger partial charge >= 0.3 is 0 Å². The van der Waals surface area contributed by atoms with E-state index >= 15 is 0 Å². The molecule has 1 saturated heterocycles. The van der Waals surface area contributed by atoms with Crippen LogP contribution in [0.3, 0.4) is 0 Å². The molecule has 0 spiro atoms. The molecule has 2 heterocycles. The number of rotatable bonds is 5. The van der Waals surface area contributed by atoms with E-state index in [-0.39, 0.29) is 17.5 Å². The topological polar surface area (TPSA) is 62.6 Å². The molecule has 23 heavy (non-hydrogen) atoms. The number of likely N-dealkylation sites (tertiary alicyclic amines) is 1. The first-order valence-electron chi connectivity index (χ1n) is 7.93. The quantitative estimate of drug-likeness (QED) is 0.862. The fourth-order valence-corrected chi connectivity index (χ4v) is 2.86. The minimum Gasteiger partial charge on any atom is -0.459 e. The predicted molar refractivity (Wildman–Crippen MR) is 86.2 cm³/mol. The molecule has 1 N–H and O–H groups in total. The number of carbonyl (C=O) groups excluding carboxylic acids is 2. The van der Waals surface area contributed by atoms with Crippen LogP contribution < -0.4 is 5.32 Å². The van der Waals surface area contributed by atoms with E-state index in [1.165, 1.54) is 6.26 Å². The van der Waals surface area contributed by atoms with Crippen molar-refractivity contribution in [1.29, 1.82) is 0 Å². The molecule has 1 aromatic carbocycles. The molecule has 1 aliphatic rings. The molecule has 1 aliphatic heterocycles. The number of nitrogens with one attached hydrogen (secondary N) is 1. The molecular formula is C18H20N2O3. The van der Waals surface area contributed by atoms with Gasteiger partial charge in [0.15, 0.2) is 11.5 Å². The summed E-state index contributed by atoms with van der Waals surface area (Å²) in [5.74, 6) is -0.241. The third kappa shape index (κ3) is 3.68. The Balaban J connectivity index is 1.81. The lowest BCUT2D eigenvalue weighted by Gasteiger charge is -2.33. The highest BCUT2D eigenvalue weighted by Gasteiger charge is 2.30. The summed E-state index contributed by atoms with van der Waals surface area (Å²) in [4.78, 5) is 27.2. The number of Topliss-reactive ketones (excluding diaryl/α,β-unsaturated/α-hetero) is 1. The maximum atomic E-state index is 12.9. The number of nitrogens with zero attached hydrogens (tertiary/aromatic N) is 1. The molecule has 5 heteroatoms. The van der Waals surface area contributed by atoms with Crippen LogP contribution in [0, 0.1) is 0 Å². The summed E-state index contributed by atoms with van der Waals surface area (Å²) in [6.45, 7) is 1.61. The molecule has 1 atom stereocenters. The number of hydrogen-bond acceptors (Lipinski definition) is 4. The lowest BCUT2D eigenvalue weighted by Crippen LogP contribution is -2.54. The van der Waals surface area contributed by atoms with Gasteiger partial charge in [-0.05, 0) is 25.0 Å². The Hall–Kier alpha value is -2.40. The second-order valence-electron chi connectivity index (χ2n) is 5.68. The Morgan fingerprint density at radius 1 is 1.00 bits per heavy atom. The monoisotopic (exact) mass is 312 g/mol. The van der Waals surface area contributed by atoms with Crippen molar-refractivity contribution >= 4 is 11.7 Å². The van der Waals surface area contributed by atoms with Crippen LogP contribution in [0.1, 0.15) is 40.2 Å². The highest BCUT2D eigenvalue weighted by molar-refractivity contribution is 6.03. The lowest BCUT2D eigenvalue weighted by molar-refractivity contribution is 0.0642. The summed E-state index contributed by atoms with van der Waals surface area (Å²) in [7, 11) is 0. The second-order valence-corrected chi connectivity index (χ2v) is 5.68. The van der Waals surface area contributed by atoms with Gasteiger partial charge in [-0.15, -0.1) is 0 Å². The van der Waals surface area contributed by atoms with E-state index in [9.17, 15) is 9.59 Å². The minimum absolute atomic E-state index is 0.0904.